The van der Waals surface area contributed by atoms with E-state index in [2.05, 4.69) is 10.4 Å². The lowest BCUT2D eigenvalue weighted by molar-refractivity contribution is -0.138. The van der Waals surface area contributed by atoms with Crippen LogP contribution in [0.25, 0.3) is 10.2 Å². The SMILES string of the molecule is Cc1nn(C)c2sc(C(=O)NC3(CC(=O)O)CCOC3)cc12. The van der Waals surface area contributed by atoms with Crippen LogP contribution in [0.5, 0.6) is 0 Å². The maximum Gasteiger partial charge on any atom is 0.305 e. The van der Waals surface area contributed by atoms with Gasteiger partial charge in [0.1, 0.15) is 4.83 Å². The number of nitrogens with one attached hydrogen (secondary N) is 1. The second kappa shape index (κ2) is 5.36. The van der Waals surface area contributed by atoms with E-state index in [9.17, 15) is 9.59 Å². The van der Waals surface area contributed by atoms with E-state index in [0.29, 0.717) is 17.9 Å². The number of aryl methyl sites for hydroxylation is 2. The average molecular weight is 323 g/mol. The summed E-state index contributed by atoms with van der Waals surface area (Å²) in [4.78, 5) is 25.0. The summed E-state index contributed by atoms with van der Waals surface area (Å²) in [5.74, 6) is -1.20. The van der Waals surface area contributed by atoms with Gasteiger partial charge in [-0.2, -0.15) is 5.10 Å². The first kappa shape index (κ1) is 15.0. The monoisotopic (exact) mass is 323 g/mol. The van der Waals surface area contributed by atoms with Gasteiger partial charge in [-0.1, -0.05) is 0 Å². The lowest BCUT2D eigenvalue weighted by atomic mass is 9.94. The Kier molecular flexibility index (Phi) is 3.65. The molecule has 0 spiro atoms. The number of amides is 1. The van der Waals surface area contributed by atoms with Crippen molar-refractivity contribution >= 4 is 33.4 Å². The van der Waals surface area contributed by atoms with Crippen LogP contribution in [0.4, 0.5) is 0 Å². The lowest BCUT2D eigenvalue weighted by Gasteiger charge is -2.26. The minimum absolute atomic E-state index is 0.135. The molecule has 3 heterocycles. The summed E-state index contributed by atoms with van der Waals surface area (Å²) in [6.45, 7) is 2.59. The molecule has 22 heavy (non-hydrogen) atoms. The number of thiophene rings is 1. The van der Waals surface area contributed by atoms with Gasteiger partial charge in [0, 0.05) is 19.0 Å². The van der Waals surface area contributed by atoms with Crippen LogP contribution in [0.1, 0.15) is 28.2 Å². The van der Waals surface area contributed by atoms with Crippen LogP contribution in [-0.4, -0.2) is 45.5 Å². The molecule has 0 radical (unpaired) electrons. The molecule has 1 fully saturated rings. The van der Waals surface area contributed by atoms with E-state index in [-0.39, 0.29) is 18.9 Å². The van der Waals surface area contributed by atoms with Crippen LogP contribution in [0.3, 0.4) is 0 Å². The van der Waals surface area contributed by atoms with Gasteiger partial charge in [0.15, 0.2) is 0 Å². The van der Waals surface area contributed by atoms with Crippen LogP contribution >= 0.6 is 11.3 Å². The fourth-order valence-corrected chi connectivity index (χ4v) is 3.82. The summed E-state index contributed by atoms with van der Waals surface area (Å²) in [6, 6.07) is 1.81. The predicted octanol–water partition coefficient (Wildman–Crippen LogP) is 1.31. The smallest absolute Gasteiger partial charge is 0.305 e. The molecule has 1 saturated heterocycles. The van der Waals surface area contributed by atoms with Gasteiger partial charge in [0.2, 0.25) is 0 Å². The average Bonchev–Trinajstić information content (AvgIpc) is 3.09. The van der Waals surface area contributed by atoms with E-state index in [1.807, 2.05) is 20.0 Å². The summed E-state index contributed by atoms with van der Waals surface area (Å²) in [5, 5.41) is 17.2. The van der Waals surface area contributed by atoms with Crippen LogP contribution < -0.4 is 5.32 Å². The molecule has 2 aromatic rings. The molecule has 8 heteroatoms. The number of hydrogen-bond acceptors (Lipinski definition) is 5. The van der Waals surface area contributed by atoms with E-state index in [0.717, 1.165) is 15.9 Å². The predicted molar refractivity (Wildman–Crippen MR) is 81.2 cm³/mol. The normalized spacial score (nSPS) is 21.4. The highest BCUT2D eigenvalue weighted by molar-refractivity contribution is 7.20. The standard InChI is InChI=1S/C14H17N3O4S/c1-8-9-5-10(22-13(9)17(2)16-8)12(20)15-14(6-11(18)19)3-4-21-7-14/h5H,3-4,6-7H2,1-2H3,(H,15,20)(H,18,19). The molecular formula is C14H17N3O4S. The summed E-state index contributed by atoms with van der Waals surface area (Å²) in [6.07, 6.45) is 0.376. The highest BCUT2D eigenvalue weighted by Gasteiger charge is 2.39. The van der Waals surface area contributed by atoms with Crippen molar-refractivity contribution in [3.63, 3.8) is 0 Å². The Morgan fingerprint density at radius 2 is 2.36 bits per heavy atom. The maximum absolute atomic E-state index is 12.5. The van der Waals surface area contributed by atoms with E-state index < -0.39 is 11.5 Å². The van der Waals surface area contributed by atoms with Crippen molar-refractivity contribution in [1.82, 2.24) is 15.1 Å². The minimum atomic E-state index is -0.942. The fraction of sp³-hybridized carbons (Fsp3) is 0.500. The van der Waals surface area contributed by atoms with Gasteiger partial charge in [-0.25, -0.2) is 0 Å². The number of fused-ring (bicyclic) bond motifs is 1. The zero-order chi connectivity index (χ0) is 15.9. The first-order chi connectivity index (χ1) is 10.4. The van der Waals surface area contributed by atoms with Gasteiger partial charge < -0.3 is 15.2 Å². The first-order valence-electron chi connectivity index (χ1n) is 6.95. The number of aliphatic carboxylic acids is 1. The van der Waals surface area contributed by atoms with Crippen molar-refractivity contribution in [3.8, 4) is 0 Å². The van der Waals surface area contributed by atoms with Crippen molar-refractivity contribution in [2.45, 2.75) is 25.3 Å². The topological polar surface area (TPSA) is 93.5 Å². The number of hydrogen-bond donors (Lipinski definition) is 2. The quantitative estimate of drug-likeness (QED) is 0.885. The molecule has 0 aromatic carbocycles. The molecule has 1 aliphatic heterocycles. The van der Waals surface area contributed by atoms with E-state index >= 15 is 0 Å². The zero-order valence-corrected chi connectivity index (χ0v) is 13.2. The number of carbonyl (C=O) groups excluding carboxylic acids is 1. The Morgan fingerprint density at radius 1 is 1.59 bits per heavy atom. The van der Waals surface area contributed by atoms with Gasteiger partial charge in [0.25, 0.3) is 5.91 Å². The number of aromatic nitrogens is 2. The summed E-state index contributed by atoms with van der Waals surface area (Å²) >= 11 is 1.35. The summed E-state index contributed by atoms with van der Waals surface area (Å²) in [7, 11) is 1.84. The van der Waals surface area contributed by atoms with Crippen molar-refractivity contribution in [1.29, 1.82) is 0 Å². The highest BCUT2D eigenvalue weighted by atomic mass is 32.1. The molecule has 1 amide bonds. The fourth-order valence-electron chi connectivity index (χ4n) is 2.80. The second-order valence-corrected chi connectivity index (χ2v) is 6.68. The summed E-state index contributed by atoms with van der Waals surface area (Å²) in [5.41, 5.74) is 0.0593. The minimum Gasteiger partial charge on any atom is -0.481 e. The second-order valence-electron chi connectivity index (χ2n) is 5.65. The first-order valence-corrected chi connectivity index (χ1v) is 7.77. The highest BCUT2D eigenvalue weighted by Crippen LogP contribution is 2.29. The zero-order valence-electron chi connectivity index (χ0n) is 12.4. The number of carboxylic acid groups (broad SMARTS) is 1. The molecule has 1 aliphatic rings. The van der Waals surface area contributed by atoms with Crippen molar-refractivity contribution in [3.05, 3.63) is 16.6 Å². The molecule has 0 aliphatic carbocycles. The maximum atomic E-state index is 12.5. The van der Waals surface area contributed by atoms with Crippen LogP contribution in [0.15, 0.2) is 6.07 Å². The van der Waals surface area contributed by atoms with Gasteiger partial charge in [-0.3, -0.25) is 14.3 Å². The third-order valence-corrected chi connectivity index (χ3v) is 5.09. The van der Waals surface area contributed by atoms with Crippen molar-refractivity contribution in [2.75, 3.05) is 13.2 Å². The Morgan fingerprint density at radius 3 is 2.95 bits per heavy atom. The molecule has 7 nitrogen and oxygen atoms in total. The molecule has 2 N–H and O–H groups in total. The Labute approximate surface area is 130 Å². The van der Waals surface area contributed by atoms with Crippen molar-refractivity contribution < 1.29 is 19.4 Å². The van der Waals surface area contributed by atoms with Gasteiger partial charge >= 0.3 is 5.97 Å². The molecule has 0 bridgehead atoms. The van der Waals surface area contributed by atoms with E-state index in [1.54, 1.807) is 4.68 Å². The number of carbonyl (C=O) groups is 2. The number of carboxylic acids is 1. The molecular weight excluding hydrogens is 306 g/mol. The third kappa shape index (κ3) is 2.59. The lowest BCUT2D eigenvalue weighted by Crippen LogP contribution is -2.50. The van der Waals surface area contributed by atoms with E-state index in [1.165, 1.54) is 11.3 Å². The molecule has 118 valence electrons. The molecule has 1 unspecified atom stereocenters. The van der Waals surface area contributed by atoms with Crippen molar-refractivity contribution in [2.24, 2.45) is 7.05 Å². The van der Waals surface area contributed by atoms with E-state index in [4.69, 9.17) is 9.84 Å². The third-order valence-electron chi connectivity index (χ3n) is 3.89. The Bertz CT molecular complexity index is 708. The number of ether oxygens (including phenoxy) is 1. The molecule has 1 atom stereocenters. The molecule has 3 rings (SSSR count). The molecule has 0 saturated carbocycles. The number of nitrogens with zero attached hydrogens (tertiary/aromatic N) is 2. The van der Waals surface area contributed by atoms with Gasteiger partial charge in [-0.15, -0.1) is 11.3 Å². The Hall–Kier alpha value is -1.93. The van der Waals surface area contributed by atoms with Gasteiger partial charge in [-0.05, 0) is 19.4 Å². The van der Waals surface area contributed by atoms with Crippen LogP contribution in [0, 0.1) is 6.92 Å². The Balaban J connectivity index is 1.85. The van der Waals surface area contributed by atoms with Crippen LogP contribution in [-0.2, 0) is 16.6 Å². The number of rotatable bonds is 4. The largest absolute Gasteiger partial charge is 0.481 e. The van der Waals surface area contributed by atoms with Crippen LogP contribution in [0.2, 0.25) is 0 Å². The molecule has 2 aromatic heterocycles. The summed E-state index contributed by atoms with van der Waals surface area (Å²) < 4.78 is 7.04. The van der Waals surface area contributed by atoms with Gasteiger partial charge in [0.05, 0.1) is 29.1 Å².